The molecule has 0 amide bonds. The molecule has 1 nitrogen and oxygen atoms in total. The van der Waals surface area contributed by atoms with Crippen molar-refractivity contribution in [3.63, 3.8) is 0 Å². The van der Waals surface area contributed by atoms with Crippen LogP contribution in [0.3, 0.4) is 0 Å². The van der Waals surface area contributed by atoms with Gasteiger partial charge in [0.05, 0.1) is 0 Å². The van der Waals surface area contributed by atoms with E-state index in [-0.39, 0.29) is 11.4 Å². The maximum absolute atomic E-state index is 13.4. The van der Waals surface area contributed by atoms with Crippen molar-refractivity contribution in [2.75, 3.05) is 6.26 Å². The first-order valence-electron chi connectivity index (χ1n) is 4.74. The van der Waals surface area contributed by atoms with Gasteiger partial charge in [0.2, 0.25) is 0 Å². The minimum atomic E-state index is -0.126. The van der Waals surface area contributed by atoms with Crippen molar-refractivity contribution in [2.45, 2.75) is 29.7 Å². The molecule has 0 radical (unpaired) electrons. The molecule has 1 aliphatic rings. The van der Waals surface area contributed by atoms with Crippen molar-refractivity contribution in [3.8, 4) is 0 Å². The number of halogens is 1. The van der Waals surface area contributed by atoms with E-state index in [1.54, 1.807) is 6.07 Å². The Kier molecular flexibility index (Phi) is 2.54. The molecule has 1 saturated carbocycles. The van der Waals surface area contributed by atoms with Crippen LogP contribution in [0.2, 0.25) is 0 Å². The molecule has 1 aromatic rings. The topological polar surface area (TPSA) is 26.0 Å². The second kappa shape index (κ2) is 3.55. The Morgan fingerprint density at radius 1 is 1.50 bits per heavy atom. The minimum Gasteiger partial charge on any atom is -0.325 e. The number of nitrogens with two attached hydrogens (primary N) is 1. The first-order chi connectivity index (χ1) is 6.63. The molecule has 0 saturated heterocycles. The third kappa shape index (κ3) is 2.10. The second-order valence-corrected chi connectivity index (χ2v) is 4.86. The van der Waals surface area contributed by atoms with E-state index >= 15 is 0 Å². The van der Waals surface area contributed by atoms with Gasteiger partial charge in [-0.25, -0.2) is 4.39 Å². The normalized spacial score (nSPS) is 18.2. The Morgan fingerprint density at radius 2 is 2.21 bits per heavy atom. The Hall–Kier alpha value is -0.540. The number of benzene rings is 1. The summed E-state index contributed by atoms with van der Waals surface area (Å²) in [6.07, 6.45) is 4.82. The van der Waals surface area contributed by atoms with Crippen molar-refractivity contribution in [2.24, 2.45) is 5.73 Å². The van der Waals surface area contributed by atoms with E-state index in [9.17, 15) is 4.39 Å². The second-order valence-electron chi connectivity index (χ2n) is 4.01. The Morgan fingerprint density at radius 3 is 2.71 bits per heavy atom. The van der Waals surface area contributed by atoms with Crippen molar-refractivity contribution >= 4 is 11.8 Å². The molecule has 0 heterocycles. The summed E-state index contributed by atoms with van der Waals surface area (Å²) in [5.74, 6) is -0.126. The molecule has 1 aliphatic carbocycles. The van der Waals surface area contributed by atoms with Gasteiger partial charge in [-0.1, -0.05) is 6.07 Å². The summed E-state index contributed by atoms with van der Waals surface area (Å²) >= 11 is 1.43. The molecule has 1 fully saturated rings. The summed E-state index contributed by atoms with van der Waals surface area (Å²) in [5, 5.41) is 0. The van der Waals surface area contributed by atoms with Gasteiger partial charge >= 0.3 is 0 Å². The SMILES string of the molecule is CSc1ccc(CC2(N)CC2)cc1F. The fourth-order valence-electron chi connectivity index (χ4n) is 1.56. The van der Waals surface area contributed by atoms with E-state index in [1.165, 1.54) is 11.8 Å². The van der Waals surface area contributed by atoms with Gasteiger partial charge in [0.1, 0.15) is 5.82 Å². The van der Waals surface area contributed by atoms with Crippen LogP contribution >= 0.6 is 11.8 Å². The molecule has 0 spiro atoms. The molecule has 0 atom stereocenters. The highest BCUT2D eigenvalue weighted by atomic mass is 32.2. The van der Waals surface area contributed by atoms with Crippen molar-refractivity contribution in [1.29, 1.82) is 0 Å². The van der Waals surface area contributed by atoms with Gasteiger partial charge in [-0.3, -0.25) is 0 Å². The molecule has 0 aromatic heterocycles. The number of hydrogen-bond donors (Lipinski definition) is 1. The molecular formula is C11H14FNS. The molecule has 0 unspecified atom stereocenters. The third-order valence-electron chi connectivity index (χ3n) is 2.66. The van der Waals surface area contributed by atoms with Gasteiger partial charge in [0.25, 0.3) is 0 Å². The third-order valence-corrected chi connectivity index (χ3v) is 3.44. The lowest BCUT2D eigenvalue weighted by Gasteiger charge is -2.09. The molecule has 2 N–H and O–H groups in total. The Bertz CT molecular complexity index is 347. The van der Waals surface area contributed by atoms with Crippen LogP contribution in [0.15, 0.2) is 23.1 Å². The van der Waals surface area contributed by atoms with Gasteiger partial charge in [0, 0.05) is 10.4 Å². The Balaban J connectivity index is 2.15. The van der Waals surface area contributed by atoms with Crippen LogP contribution in [0.25, 0.3) is 0 Å². The molecule has 3 heteroatoms. The largest absolute Gasteiger partial charge is 0.325 e. The average molecular weight is 211 g/mol. The van der Waals surface area contributed by atoms with Crippen molar-refractivity contribution < 1.29 is 4.39 Å². The number of hydrogen-bond acceptors (Lipinski definition) is 2. The van der Waals surface area contributed by atoms with Gasteiger partial charge in [-0.2, -0.15) is 0 Å². The monoisotopic (exact) mass is 211 g/mol. The van der Waals surface area contributed by atoms with Crippen LogP contribution in [0.5, 0.6) is 0 Å². The maximum Gasteiger partial charge on any atom is 0.137 e. The molecule has 2 rings (SSSR count). The van der Waals surface area contributed by atoms with Crippen LogP contribution in [-0.4, -0.2) is 11.8 Å². The highest BCUT2D eigenvalue weighted by molar-refractivity contribution is 7.98. The summed E-state index contributed by atoms with van der Waals surface area (Å²) in [4.78, 5) is 0.704. The van der Waals surface area contributed by atoms with Crippen LogP contribution in [0, 0.1) is 5.82 Å². The molecule has 76 valence electrons. The fraction of sp³-hybridized carbons (Fsp3) is 0.455. The smallest absolute Gasteiger partial charge is 0.137 e. The van der Waals surface area contributed by atoms with E-state index < -0.39 is 0 Å². The van der Waals surface area contributed by atoms with E-state index in [2.05, 4.69) is 0 Å². The standard InChI is InChI=1S/C11H14FNS/c1-14-10-3-2-8(6-9(10)12)7-11(13)4-5-11/h2-3,6H,4-5,7,13H2,1H3. The summed E-state index contributed by atoms with van der Waals surface area (Å²) in [7, 11) is 0. The zero-order valence-electron chi connectivity index (χ0n) is 8.22. The molecule has 1 aromatic carbocycles. The first kappa shape index (κ1) is 9.99. The van der Waals surface area contributed by atoms with E-state index in [0.29, 0.717) is 4.90 Å². The van der Waals surface area contributed by atoms with Crippen molar-refractivity contribution in [3.05, 3.63) is 29.6 Å². The molecular weight excluding hydrogens is 197 g/mol. The lowest BCUT2D eigenvalue weighted by atomic mass is 10.1. The summed E-state index contributed by atoms with van der Waals surface area (Å²) in [6.45, 7) is 0. The lowest BCUT2D eigenvalue weighted by molar-refractivity contribution is 0.594. The number of rotatable bonds is 3. The minimum absolute atomic E-state index is 0.0344. The highest BCUT2D eigenvalue weighted by Gasteiger charge is 2.37. The first-order valence-corrected chi connectivity index (χ1v) is 5.97. The zero-order valence-corrected chi connectivity index (χ0v) is 9.03. The van der Waals surface area contributed by atoms with Gasteiger partial charge in [-0.15, -0.1) is 11.8 Å². The molecule has 14 heavy (non-hydrogen) atoms. The molecule has 0 bridgehead atoms. The van der Waals surface area contributed by atoms with Gasteiger partial charge in [-0.05, 0) is 43.2 Å². The van der Waals surface area contributed by atoms with Crippen molar-refractivity contribution in [1.82, 2.24) is 0 Å². The quantitative estimate of drug-likeness (QED) is 0.778. The average Bonchev–Trinajstić information content (AvgIpc) is 2.84. The van der Waals surface area contributed by atoms with E-state index in [1.807, 2.05) is 18.4 Å². The summed E-state index contributed by atoms with van der Waals surface area (Å²) < 4.78 is 13.4. The summed E-state index contributed by atoms with van der Waals surface area (Å²) in [6, 6.07) is 5.42. The molecule has 0 aliphatic heterocycles. The summed E-state index contributed by atoms with van der Waals surface area (Å²) in [5.41, 5.74) is 6.95. The zero-order chi connectivity index (χ0) is 10.2. The van der Waals surface area contributed by atoms with Gasteiger partial charge < -0.3 is 5.73 Å². The van der Waals surface area contributed by atoms with Crippen LogP contribution < -0.4 is 5.73 Å². The lowest BCUT2D eigenvalue weighted by Crippen LogP contribution is -2.24. The van der Waals surface area contributed by atoms with Crippen LogP contribution in [0.4, 0.5) is 4.39 Å². The maximum atomic E-state index is 13.4. The van der Waals surface area contributed by atoms with Gasteiger partial charge in [0.15, 0.2) is 0 Å². The predicted molar refractivity (Wildman–Crippen MR) is 58.0 cm³/mol. The fourth-order valence-corrected chi connectivity index (χ4v) is 2.02. The van der Waals surface area contributed by atoms with E-state index in [4.69, 9.17) is 5.73 Å². The van der Waals surface area contributed by atoms with E-state index in [0.717, 1.165) is 24.8 Å². The highest BCUT2D eigenvalue weighted by Crippen LogP contribution is 2.36. The van der Waals surface area contributed by atoms with Crippen LogP contribution in [-0.2, 0) is 6.42 Å². The Labute approximate surface area is 87.9 Å². The predicted octanol–water partition coefficient (Wildman–Crippen LogP) is 2.58. The van der Waals surface area contributed by atoms with Crippen LogP contribution in [0.1, 0.15) is 18.4 Å². The number of thioether (sulfide) groups is 1.